The van der Waals surface area contributed by atoms with E-state index in [0.717, 1.165) is 9.13 Å². The molecule has 0 spiro atoms. The molecule has 5 N–H and O–H groups in total. The van der Waals surface area contributed by atoms with Gasteiger partial charge in [0.2, 0.25) is 0 Å². The van der Waals surface area contributed by atoms with Gasteiger partial charge >= 0.3 is 5.97 Å². The number of halogens is 1. The maximum absolute atomic E-state index is 10.7. The normalized spacial score (nSPS) is 11.8. The van der Waals surface area contributed by atoms with Crippen LogP contribution in [0, 0.1) is 3.57 Å². The molecule has 0 saturated carbocycles. The SMILES string of the molecule is NC(N)=NC(CC(=O)O)c1cccc(I)c1. The molecule has 1 rings (SSSR count). The van der Waals surface area contributed by atoms with Crippen molar-refractivity contribution in [3.63, 3.8) is 0 Å². The number of aliphatic imine (C=N–C) groups is 1. The Labute approximate surface area is 107 Å². The highest BCUT2D eigenvalue weighted by Crippen LogP contribution is 2.22. The van der Waals surface area contributed by atoms with Crippen LogP contribution in [0.2, 0.25) is 0 Å². The molecule has 0 aromatic heterocycles. The Hall–Kier alpha value is -1.31. The molecule has 6 heteroatoms. The molecule has 0 aliphatic rings. The highest BCUT2D eigenvalue weighted by Gasteiger charge is 2.14. The minimum absolute atomic E-state index is 0.106. The summed E-state index contributed by atoms with van der Waals surface area (Å²) in [4.78, 5) is 14.6. The van der Waals surface area contributed by atoms with Gasteiger partial charge in [-0.15, -0.1) is 0 Å². The molecule has 0 bridgehead atoms. The van der Waals surface area contributed by atoms with Crippen molar-refractivity contribution in [2.45, 2.75) is 12.5 Å². The summed E-state index contributed by atoms with van der Waals surface area (Å²) in [7, 11) is 0. The number of carboxylic acids is 1. The number of carbonyl (C=O) groups is 1. The van der Waals surface area contributed by atoms with E-state index in [9.17, 15) is 4.79 Å². The Morgan fingerprint density at radius 3 is 2.69 bits per heavy atom. The van der Waals surface area contributed by atoms with Gasteiger partial charge in [-0.2, -0.15) is 0 Å². The molecule has 86 valence electrons. The fraction of sp³-hybridized carbons (Fsp3) is 0.200. The highest BCUT2D eigenvalue weighted by molar-refractivity contribution is 14.1. The van der Waals surface area contributed by atoms with E-state index in [1.54, 1.807) is 0 Å². The number of guanidine groups is 1. The molecule has 1 aromatic rings. The van der Waals surface area contributed by atoms with Crippen molar-refractivity contribution >= 4 is 34.5 Å². The molecule has 0 heterocycles. The zero-order chi connectivity index (χ0) is 12.1. The first kappa shape index (κ1) is 12.8. The maximum Gasteiger partial charge on any atom is 0.305 e. The molecule has 1 unspecified atom stereocenters. The van der Waals surface area contributed by atoms with E-state index in [1.165, 1.54) is 0 Å². The quantitative estimate of drug-likeness (QED) is 0.436. The second kappa shape index (κ2) is 5.69. The van der Waals surface area contributed by atoms with Gasteiger partial charge in [-0.1, -0.05) is 12.1 Å². The van der Waals surface area contributed by atoms with Crippen LogP contribution in [0.4, 0.5) is 0 Å². The van der Waals surface area contributed by atoms with Crippen LogP contribution in [0.1, 0.15) is 18.0 Å². The predicted octanol–water partition coefficient (Wildman–Crippen LogP) is 1.08. The predicted molar refractivity (Wildman–Crippen MR) is 70.0 cm³/mol. The van der Waals surface area contributed by atoms with Gasteiger partial charge in [0.25, 0.3) is 0 Å². The molecule has 0 aliphatic heterocycles. The van der Waals surface area contributed by atoms with Gasteiger partial charge in [0.15, 0.2) is 5.96 Å². The number of nitrogens with two attached hydrogens (primary N) is 2. The molecule has 0 radical (unpaired) electrons. The van der Waals surface area contributed by atoms with E-state index >= 15 is 0 Å². The smallest absolute Gasteiger partial charge is 0.305 e. The van der Waals surface area contributed by atoms with Crippen molar-refractivity contribution in [3.05, 3.63) is 33.4 Å². The van der Waals surface area contributed by atoms with Crippen LogP contribution in [0.15, 0.2) is 29.3 Å². The molecule has 5 nitrogen and oxygen atoms in total. The second-order valence-electron chi connectivity index (χ2n) is 3.22. The van der Waals surface area contributed by atoms with Crippen molar-refractivity contribution in [2.75, 3.05) is 0 Å². The molecule has 16 heavy (non-hydrogen) atoms. The van der Waals surface area contributed by atoms with Crippen molar-refractivity contribution in [3.8, 4) is 0 Å². The van der Waals surface area contributed by atoms with Gasteiger partial charge in [0, 0.05) is 3.57 Å². The van der Waals surface area contributed by atoms with E-state index in [-0.39, 0.29) is 12.4 Å². The average Bonchev–Trinajstić information content (AvgIpc) is 2.15. The number of rotatable bonds is 4. The van der Waals surface area contributed by atoms with E-state index < -0.39 is 12.0 Å². The first-order valence-corrected chi connectivity index (χ1v) is 5.63. The van der Waals surface area contributed by atoms with E-state index in [1.807, 2.05) is 24.3 Å². The Morgan fingerprint density at radius 2 is 2.19 bits per heavy atom. The molecular formula is C10H12IN3O2. The summed E-state index contributed by atoms with van der Waals surface area (Å²) in [6.45, 7) is 0. The van der Waals surface area contributed by atoms with Gasteiger partial charge in [0.1, 0.15) is 0 Å². The molecular weight excluding hydrogens is 321 g/mol. The van der Waals surface area contributed by atoms with Crippen LogP contribution in [-0.4, -0.2) is 17.0 Å². The van der Waals surface area contributed by atoms with Crippen molar-refractivity contribution < 1.29 is 9.90 Å². The number of hydrogen-bond acceptors (Lipinski definition) is 2. The summed E-state index contributed by atoms with van der Waals surface area (Å²) in [6.07, 6.45) is -0.127. The highest BCUT2D eigenvalue weighted by atomic mass is 127. The van der Waals surface area contributed by atoms with Gasteiger partial charge in [-0.3, -0.25) is 4.79 Å². The van der Waals surface area contributed by atoms with Crippen molar-refractivity contribution in [1.29, 1.82) is 0 Å². The third-order valence-electron chi connectivity index (χ3n) is 1.91. The van der Waals surface area contributed by atoms with E-state index in [4.69, 9.17) is 16.6 Å². The minimum Gasteiger partial charge on any atom is -0.481 e. The number of nitrogens with zero attached hydrogens (tertiary/aromatic N) is 1. The lowest BCUT2D eigenvalue weighted by Gasteiger charge is -2.11. The Bertz CT molecular complexity index is 416. The van der Waals surface area contributed by atoms with Gasteiger partial charge in [-0.25, -0.2) is 4.99 Å². The topological polar surface area (TPSA) is 102 Å². The maximum atomic E-state index is 10.7. The van der Waals surface area contributed by atoms with E-state index in [0.29, 0.717) is 0 Å². The number of hydrogen-bond donors (Lipinski definition) is 3. The summed E-state index contributed by atoms with van der Waals surface area (Å²) in [5.41, 5.74) is 11.3. The van der Waals surface area contributed by atoms with Crippen molar-refractivity contribution in [2.24, 2.45) is 16.5 Å². The van der Waals surface area contributed by atoms with E-state index in [2.05, 4.69) is 27.6 Å². The summed E-state index contributed by atoms with van der Waals surface area (Å²) in [5, 5.41) is 8.77. The van der Waals surface area contributed by atoms with Crippen LogP contribution in [0.5, 0.6) is 0 Å². The van der Waals surface area contributed by atoms with Gasteiger partial charge in [0.05, 0.1) is 12.5 Å². The minimum atomic E-state index is -0.936. The molecule has 0 aliphatic carbocycles. The van der Waals surface area contributed by atoms with Crippen LogP contribution in [0.3, 0.4) is 0 Å². The first-order valence-electron chi connectivity index (χ1n) is 4.55. The molecule has 0 fully saturated rings. The zero-order valence-electron chi connectivity index (χ0n) is 8.43. The Balaban J connectivity index is 3.00. The number of carboxylic acid groups (broad SMARTS) is 1. The number of benzene rings is 1. The van der Waals surface area contributed by atoms with Crippen LogP contribution in [-0.2, 0) is 4.79 Å². The molecule has 1 aromatic carbocycles. The van der Waals surface area contributed by atoms with Crippen LogP contribution >= 0.6 is 22.6 Å². The Kier molecular flexibility index (Phi) is 4.53. The van der Waals surface area contributed by atoms with Crippen molar-refractivity contribution in [1.82, 2.24) is 0 Å². The third-order valence-corrected chi connectivity index (χ3v) is 2.58. The standard InChI is InChI=1S/C10H12IN3O2/c11-7-3-1-2-6(4-7)8(5-9(15)16)14-10(12)13/h1-4,8H,5H2,(H,15,16)(H4,12,13,14). The fourth-order valence-electron chi connectivity index (χ4n) is 1.30. The van der Waals surface area contributed by atoms with Gasteiger partial charge in [-0.05, 0) is 40.3 Å². The first-order chi connectivity index (χ1) is 7.49. The van der Waals surface area contributed by atoms with Crippen LogP contribution < -0.4 is 11.5 Å². The largest absolute Gasteiger partial charge is 0.481 e. The lowest BCUT2D eigenvalue weighted by molar-refractivity contribution is -0.137. The fourth-order valence-corrected chi connectivity index (χ4v) is 1.86. The van der Waals surface area contributed by atoms with Gasteiger partial charge < -0.3 is 16.6 Å². The third kappa shape index (κ3) is 4.05. The monoisotopic (exact) mass is 333 g/mol. The summed E-state index contributed by atoms with van der Waals surface area (Å²) < 4.78 is 1.01. The summed E-state index contributed by atoms with van der Waals surface area (Å²) in [6, 6.07) is 6.89. The number of aliphatic carboxylic acids is 1. The Morgan fingerprint density at radius 1 is 1.50 bits per heavy atom. The van der Waals surface area contributed by atoms with Crippen LogP contribution in [0.25, 0.3) is 0 Å². The lowest BCUT2D eigenvalue weighted by Crippen LogP contribution is -2.24. The second-order valence-corrected chi connectivity index (χ2v) is 4.47. The summed E-state index contributed by atoms with van der Waals surface area (Å²) in [5.74, 6) is -1.04. The zero-order valence-corrected chi connectivity index (χ0v) is 10.6. The molecule has 0 amide bonds. The average molecular weight is 333 g/mol. The lowest BCUT2D eigenvalue weighted by atomic mass is 10.0. The summed E-state index contributed by atoms with van der Waals surface area (Å²) >= 11 is 2.15. The molecule has 1 atom stereocenters. The molecule has 0 saturated heterocycles.